The van der Waals surface area contributed by atoms with Gasteiger partial charge < -0.3 is 9.84 Å². The fraction of sp³-hybridized carbons (Fsp3) is 0.304. The summed E-state index contributed by atoms with van der Waals surface area (Å²) in [5.74, 6) is -0.502. The summed E-state index contributed by atoms with van der Waals surface area (Å²) >= 11 is 2.39. The van der Waals surface area contributed by atoms with E-state index in [2.05, 4.69) is 29.5 Å². The number of carbonyl (C=O) groups excluding carboxylic acids is 1. The standard InChI is InChI=1S/C23H24INO4/c1-15(24)7-6-12-29-21-11-4-3-9-18(21)23(28)25-16(2)13-19-17(14-22(26)27)8-5-10-20(19)25/h3-5,8-11,13,15H,6-7,12,14H2,1-2H3,(H,26,27). The van der Waals surface area contributed by atoms with Crippen LogP contribution in [-0.4, -0.2) is 32.1 Å². The van der Waals surface area contributed by atoms with E-state index in [1.54, 1.807) is 22.8 Å². The van der Waals surface area contributed by atoms with Crippen LogP contribution >= 0.6 is 22.6 Å². The summed E-state index contributed by atoms with van der Waals surface area (Å²) in [7, 11) is 0. The molecule has 0 spiro atoms. The number of rotatable bonds is 8. The van der Waals surface area contributed by atoms with Crippen LogP contribution in [-0.2, 0) is 11.2 Å². The second kappa shape index (κ2) is 9.43. The molecule has 0 saturated carbocycles. The van der Waals surface area contributed by atoms with Crippen molar-refractivity contribution in [3.63, 3.8) is 0 Å². The quantitative estimate of drug-likeness (QED) is 0.258. The van der Waals surface area contributed by atoms with Gasteiger partial charge in [0, 0.05) is 15.0 Å². The molecule has 0 aliphatic rings. The highest BCUT2D eigenvalue weighted by atomic mass is 127. The van der Waals surface area contributed by atoms with Gasteiger partial charge in [-0.05, 0) is 49.6 Å². The number of fused-ring (bicyclic) bond motifs is 1. The monoisotopic (exact) mass is 505 g/mol. The first-order valence-corrected chi connectivity index (χ1v) is 10.9. The number of para-hydroxylation sites is 1. The predicted octanol–water partition coefficient (Wildman–Crippen LogP) is 5.25. The molecule has 1 heterocycles. The van der Waals surface area contributed by atoms with Crippen molar-refractivity contribution in [2.24, 2.45) is 0 Å². The number of hydrogen-bond donors (Lipinski definition) is 1. The van der Waals surface area contributed by atoms with Crippen LogP contribution in [0.15, 0.2) is 48.5 Å². The Morgan fingerprint density at radius 3 is 2.66 bits per heavy atom. The molecule has 2 aromatic carbocycles. The van der Waals surface area contributed by atoms with E-state index in [0.29, 0.717) is 32.9 Å². The Hall–Kier alpha value is -2.35. The maximum Gasteiger partial charge on any atom is 0.307 e. The Kier molecular flexibility index (Phi) is 6.95. The molecule has 5 nitrogen and oxygen atoms in total. The number of carboxylic acid groups (broad SMARTS) is 1. The van der Waals surface area contributed by atoms with Crippen LogP contribution in [0.2, 0.25) is 0 Å². The van der Waals surface area contributed by atoms with Gasteiger partial charge in [-0.1, -0.05) is 53.8 Å². The van der Waals surface area contributed by atoms with E-state index in [1.165, 1.54) is 0 Å². The highest BCUT2D eigenvalue weighted by Gasteiger charge is 2.20. The van der Waals surface area contributed by atoms with E-state index in [0.717, 1.165) is 23.9 Å². The number of halogens is 1. The van der Waals surface area contributed by atoms with Crippen molar-refractivity contribution in [2.45, 2.75) is 37.0 Å². The van der Waals surface area contributed by atoms with Gasteiger partial charge in [0.2, 0.25) is 0 Å². The minimum Gasteiger partial charge on any atom is -0.493 e. The second-order valence-electron chi connectivity index (χ2n) is 7.11. The average molecular weight is 505 g/mol. The van der Waals surface area contributed by atoms with Gasteiger partial charge in [-0.3, -0.25) is 14.2 Å². The zero-order valence-corrected chi connectivity index (χ0v) is 18.7. The van der Waals surface area contributed by atoms with Gasteiger partial charge in [0.15, 0.2) is 0 Å². The third kappa shape index (κ3) is 4.98. The number of carboxylic acids is 1. The van der Waals surface area contributed by atoms with Crippen LogP contribution in [0.4, 0.5) is 0 Å². The zero-order chi connectivity index (χ0) is 21.0. The van der Waals surface area contributed by atoms with Gasteiger partial charge in [0.1, 0.15) is 5.75 Å². The fourth-order valence-electron chi connectivity index (χ4n) is 3.45. The van der Waals surface area contributed by atoms with Gasteiger partial charge in [0.25, 0.3) is 5.91 Å². The number of ether oxygens (including phenoxy) is 1. The second-order valence-corrected chi connectivity index (χ2v) is 9.24. The van der Waals surface area contributed by atoms with E-state index in [4.69, 9.17) is 4.74 Å². The number of aromatic nitrogens is 1. The SMILES string of the molecule is Cc1cc2c(CC(=O)O)cccc2n1C(=O)c1ccccc1OCCCC(C)I. The van der Waals surface area contributed by atoms with Crippen molar-refractivity contribution in [1.29, 1.82) is 0 Å². The van der Waals surface area contributed by atoms with Crippen LogP contribution in [0, 0.1) is 6.92 Å². The van der Waals surface area contributed by atoms with E-state index in [1.807, 2.05) is 37.3 Å². The minimum atomic E-state index is -0.895. The first kappa shape index (κ1) is 21.4. The first-order valence-electron chi connectivity index (χ1n) is 9.61. The number of aryl methyl sites for hydroxylation is 1. The smallest absolute Gasteiger partial charge is 0.307 e. The van der Waals surface area contributed by atoms with E-state index >= 15 is 0 Å². The summed E-state index contributed by atoms with van der Waals surface area (Å²) in [6, 6.07) is 14.6. The molecule has 0 fully saturated rings. The molecule has 0 aliphatic carbocycles. The molecule has 1 atom stereocenters. The molecule has 3 aromatic rings. The number of alkyl halides is 1. The lowest BCUT2D eigenvalue weighted by molar-refractivity contribution is -0.136. The van der Waals surface area contributed by atoms with Crippen LogP contribution in [0.25, 0.3) is 10.9 Å². The van der Waals surface area contributed by atoms with Gasteiger partial charge in [-0.2, -0.15) is 0 Å². The molecule has 1 N–H and O–H groups in total. The Morgan fingerprint density at radius 1 is 1.17 bits per heavy atom. The Balaban J connectivity index is 1.94. The summed E-state index contributed by atoms with van der Waals surface area (Å²) in [6.45, 7) is 4.58. The molecule has 152 valence electrons. The van der Waals surface area contributed by atoms with Crippen LogP contribution in [0.5, 0.6) is 5.75 Å². The van der Waals surface area contributed by atoms with Crippen molar-refractivity contribution in [3.8, 4) is 5.75 Å². The van der Waals surface area contributed by atoms with Crippen molar-refractivity contribution >= 4 is 45.4 Å². The molecule has 0 aliphatic heterocycles. The Labute approximate surface area is 183 Å². The molecule has 6 heteroatoms. The van der Waals surface area contributed by atoms with E-state index in [-0.39, 0.29) is 12.3 Å². The normalized spacial score (nSPS) is 12.1. The average Bonchev–Trinajstić information content (AvgIpc) is 3.01. The zero-order valence-electron chi connectivity index (χ0n) is 16.5. The van der Waals surface area contributed by atoms with Crippen molar-refractivity contribution in [3.05, 3.63) is 65.4 Å². The van der Waals surface area contributed by atoms with Crippen LogP contribution in [0.1, 0.15) is 41.4 Å². The summed E-state index contributed by atoms with van der Waals surface area (Å²) in [5.41, 5.74) is 2.66. The molecule has 1 unspecified atom stereocenters. The third-order valence-corrected chi connectivity index (χ3v) is 5.41. The largest absolute Gasteiger partial charge is 0.493 e. The van der Waals surface area contributed by atoms with Crippen LogP contribution in [0.3, 0.4) is 0 Å². The molecular formula is C23H24INO4. The number of carbonyl (C=O) groups is 2. The highest BCUT2D eigenvalue weighted by molar-refractivity contribution is 14.1. The van der Waals surface area contributed by atoms with Crippen molar-refractivity contribution in [1.82, 2.24) is 4.57 Å². The first-order chi connectivity index (χ1) is 13.9. The van der Waals surface area contributed by atoms with E-state index < -0.39 is 5.97 Å². The van der Waals surface area contributed by atoms with Crippen molar-refractivity contribution in [2.75, 3.05) is 6.61 Å². The molecule has 0 amide bonds. The predicted molar refractivity (Wildman–Crippen MR) is 122 cm³/mol. The maximum absolute atomic E-state index is 13.4. The lowest BCUT2D eigenvalue weighted by atomic mass is 10.1. The third-order valence-electron chi connectivity index (χ3n) is 4.79. The lowest BCUT2D eigenvalue weighted by Crippen LogP contribution is -2.15. The van der Waals surface area contributed by atoms with E-state index in [9.17, 15) is 14.7 Å². The number of benzene rings is 2. The Morgan fingerprint density at radius 2 is 1.93 bits per heavy atom. The van der Waals surface area contributed by atoms with Gasteiger partial charge in [-0.25, -0.2) is 0 Å². The van der Waals surface area contributed by atoms with Gasteiger partial charge in [-0.15, -0.1) is 0 Å². The minimum absolute atomic E-state index is 0.0794. The molecule has 1 aromatic heterocycles. The summed E-state index contributed by atoms with van der Waals surface area (Å²) < 4.78 is 8.14. The fourth-order valence-corrected chi connectivity index (χ4v) is 3.89. The van der Waals surface area contributed by atoms with Crippen LogP contribution < -0.4 is 4.74 Å². The Bertz CT molecular complexity index is 1040. The summed E-state index contributed by atoms with van der Waals surface area (Å²) in [6.07, 6.45) is 1.91. The van der Waals surface area contributed by atoms with Gasteiger partial charge in [0.05, 0.1) is 24.1 Å². The highest BCUT2D eigenvalue weighted by Crippen LogP contribution is 2.27. The number of hydrogen-bond acceptors (Lipinski definition) is 3. The lowest BCUT2D eigenvalue weighted by Gasteiger charge is -2.13. The molecular weight excluding hydrogens is 481 g/mol. The molecule has 0 saturated heterocycles. The van der Waals surface area contributed by atoms with Crippen molar-refractivity contribution < 1.29 is 19.4 Å². The maximum atomic E-state index is 13.4. The molecule has 0 bridgehead atoms. The number of nitrogens with zero attached hydrogens (tertiary/aromatic N) is 1. The number of aliphatic carboxylic acids is 1. The molecule has 0 radical (unpaired) electrons. The molecule has 3 rings (SSSR count). The topological polar surface area (TPSA) is 68.5 Å². The molecule has 29 heavy (non-hydrogen) atoms. The summed E-state index contributed by atoms with van der Waals surface area (Å²) in [4.78, 5) is 24.6. The summed E-state index contributed by atoms with van der Waals surface area (Å²) in [5, 5.41) is 9.96. The van der Waals surface area contributed by atoms with Gasteiger partial charge >= 0.3 is 5.97 Å².